The highest BCUT2D eigenvalue weighted by molar-refractivity contribution is 7.86. The van der Waals surface area contributed by atoms with Crippen LogP contribution in [0.25, 0.3) is 0 Å². The maximum absolute atomic E-state index is 12.1. The molecule has 6 heteroatoms. The van der Waals surface area contributed by atoms with Crippen molar-refractivity contribution in [3.05, 3.63) is 0 Å². The molecule has 0 aromatic heterocycles. The van der Waals surface area contributed by atoms with E-state index in [1.165, 1.54) is 4.31 Å². The SMILES string of the molecule is CC(C)N(C)S(=O)(=O)N1CCC(CCl)CC1. The lowest BCUT2D eigenvalue weighted by Gasteiger charge is -2.34. The molecule has 0 amide bonds. The van der Waals surface area contributed by atoms with Crippen molar-refractivity contribution in [2.75, 3.05) is 26.0 Å². The van der Waals surface area contributed by atoms with Crippen LogP contribution in [0.2, 0.25) is 0 Å². The molecule has 0 saturated carbocycles. The maximum atomic E-state index is 12.1. The molecule has 0 aromatic carbocycles. The van der Waals surface area contributed by atoms with E-state index in [2.05, 4.69) is 0 Å². The van der Waals surface area contributed by atoms with Crippen molar-refractivity contribution < 1.29 is 8.42 Å². The maximum Gasteiger partial charge on any atom is 0.281 e. The Bertz CT molecular complexity index is 311. The first-order valence-electron chi connectivity index (χ1n) is 5.68. The van der Waals surface area contributed by atoms with Gasteiger partial charge in [0, 0.05) is 32.1 Å². The number of halogens is 1. The Morgan fingerprint density at radius 1 is 1.38 bits per heavy atom. The molecule has 4 nitrogen and oxygen atoms in total. The summed E-state index contributed by atoms with van der Waals surface area (Å²) in [7, 11) is -1.64. The summed E-state index contributed by atoms with van der Waals surface area (Å²) < 4.78 is 27.3. The van der Waals surface area contributed by atoms with Crippen LogP contribution >= 0.6 is 11.6 Å². The van der Waals surface area contributed by atoms with Gasteiger partial charge < -0.3 is 0 Å². The summed E-state index contributed by atoms with van der Waals surface area (Å²) in [6.45, 7) is 4.94. The number of alkyl halides is 1. The first-order chi connectivity index (χ1) is 7.39. The smallest absolute Gasteiger partial charge is 0.195 e. The van der Waals surface area contributed by atoms with E-state index in [0.717, 1.165) is 12.8 Å². The van der Waals surface area contributed by atoms with Gasteiger partial charge in [-0.2, -0.15) is 17.0 Å². The summed E-state index contributed by atoms with van der Waals surface area (Å²) in [5, 5.41) is 0. The van der Waals surface area contributed by atoms with E-state index in [1.54, 1.807) is 11.4 Å². The van der Waals surface area contributed by atoms with E-state index in [1.807, 2.05) is 13.8 Å². The van der Waals surface area contributed by atoms with Crippen molar-refractivity contribution >= 4 is 21.8 Å². The van der Waals surface area contributed by atoms with Crippen LogP contribution < -0.4 is 0 Å². The zero-order valence-corrected chi connectivity index (χ0v) is 11.8. The molecule has 1 rings (SSSR count). The van der Waals surface area contributed by atoms with Crippen LogP contribution in [-0.4, -0.2) is 49.1 Å². The van der Waals surface area contributed by atoms with Gasteiger partial charge in [0.05, 0.1) is 0 Å². The van der Waals surface area contributed by atoms with Gasteiger partial charge in [0.1, 0.15) is 0 Å². The van der Waals surface area contributed by atoms with E-state index in [9.17, 15) is 8.42 Å². The number of piperidine rings is 1. The second kappa shape index (κ2) is 5.67. The molecule has 0 aromatic rings. The molecule has 0 N–H and O–H groups in total. The average Bonchev–Trinajstić information content (AvgIpc) is 2.28. The quantitative estimate of drug-likeness (QED) is 0.726. The Morgan fingerprint density at radius 2 is 1.88 bits per heavy atom. The third-order valence-electron chi connectivity index (χ3n) is 3.21. The lowest BCUT2D eigenvalue weighted by atomic mass is 10.0. The average molecular weight is 269 g/mol. The number of hydrogen-bond donors (Lipinski definition) is 0. The molecule has 0 aliphatic carbocycles. The second-order valence-electron chi connectivity index (χ2n) is 4.61. The molecule has 1 aliphatic heterocycles. The molecule has 0 bridgehead atoms. The van der Waals surface area contributed by atoms with Crippen molar-refractivity contribution in [3.8, 4) is 0 Å². The van der Waals surface area contributed by atoms with E-state index in [-0.39, 0.29) is 6.04 Å². The molecule has 1 fully saturated rings. The summed E-state index contributed by atoms with van der Waals surface area (Å²) in [4.78, 5) is 0. The van der Waals surface area contributed by atoms with Gasteiger partial charge >= 0.3 is 0 Å². The Labute approximate surface area is 104 Å². The first kappa shape index (κ1) is 14.2. The standard InChI is InChI=1S/C10H21ClN2O2S/c1-9(2)12(3)16(14,15)13-6-4-10(8-11)5-7-13/h9-10H,4-8H2,1-3H3. The Hall–Kier alpha value is 0.160. The molecule has 0 atom stereocenters. The van der Waals surface area contributed by atoms with Gasteiger partial charge in [0.25, 0.3) is 10.2 Å². The van der Waals surface area contributed by atoms with Crippen molar-refractivity contribution in [2.45, 2.75) is 32.7 Å². The van der Waals surface area contributed by atoms with Gasteiger partial charge in [-0.3, -0.25) is 0 Å². The van der Waals surface area contributed by atoms with Gasteiger partial charge in [0.15, 0.2) is 0 Å². The molecular formula is C10H21ClN2O2S. The van der Waals surface area contributed by atoms with Gasteiger partial charge in [-0.25, -0.2) is 0 Å². The number of hydrogen-bond acceptors (Lipinski definition) is 2. The van der Waals surface area contributed by atoms with Gasteiger partial charge in [-0.05, 0) is 32.6 Å². The molecular weight excluding hydrogens is 248 g/mol. The highest BCUT2D eigenvalue weighted by atomic mass is 35.5. The Morgan fingerprint density at radius 3 is 2.25 bits per heavy atom. The topological polar surface area (TPSA) is 40.6 Å². The molecule has 0 unspecified atom stereocenters. The molecule has 96 valence electrons. The highest BCUT2D eigenvalue weighted by Gasteiger charge is 2.31. The molecule has 1 heterocycles. The normalized spacial score (nSPS) is 20.9. The van der Waals surface area contributed by atoms with E-state index in [4.69, 9.17) is 11.6 Å². The van der Waals surface area contributed by atoms with Crippen molar-refractivity contribution in [3.63, 3.8) is 0 Å². The van der Waals surface area contributed by atoms with Crippen LogP contribution in [-0.2, 0) is 10.2 Å². The predicted molar refractivity (Wildman–Crippen MR) is 66.8 cm³/mol. The third kappa shape index (κ3) is 3.09. The monoisotopic (exact) mass is 268 g/mol. The zero-order chi connectivity index (χ0) is 12.3. The van der Waals surface area contributed by atoms with E-state index in [0.29, 0.717) is 24.9 Å². The fraction of sp³-hybridized carbons (Fsp3) is 1.00. The molecule has 16 heavy (non-hydrogen) atoms. The number of nitrogens with zero attached hydrogens (tertiary/aromatic N) is 2. The Kier molecular flexibility index (Phi) is 5.04. The summed E-state index contributed by atoms with van der Waals surface area (Å²) in [6.07, 6.45) is 1.74. The van der Waals surface area contributed by atoms with Crippen molar-refractivity contribution in [1.82, 2.24) is 8.61 Å². The Balaban J connectivity index is 2.65. The van der Waals surface area contributed by atoms with Crippen LogP contribution in [0.4, 0.5) is 0 Å². The lowest BCUT2D eigenvalue weighted by Crippen LogP contribution is -2.47. The van der Waals surface area contributed by atoms with Crippen molar-refractivity contribution in [2.24, 2.45) is 5.92 Å². The molecule has 0 spiro atoms. The van der Waals surface area contributed by atoms with Gasteiger partial charge in [0.2, 0.25) is 0 Å². The minimum absolute atomic E-state index is 0.00393. The van der Waals surface area contributed by atoms with Crippen LogP contribution in [0, 0.1) is 5.92 Å². The van der Waals surface area contributed by atoms with E-state index < -0.39 is 10.2 Å². The lowest BCUT2D eigenvalue weighted by molar-refractivity contribution is 0.265. The van der Waals surface area contributed by atoms with Crippen LogP contribution in [0.15, 0.2) is 0 Å². The van der Waals surface area contributed by atoms with Crippen LogP contribution in [0.3, 0.4) is 0 Å². The largest absolute Gasteiger partial charge is 0.281 e. The number of rotatable bonds is 4. The second-order valence-corrected chi connectivity index (χ2v) is 6.91. The van der Waals surface area contributed by atoms with Crippen LogP contribution in [0.5, 0.6) is 0 Å². The molecule has 1 aliphatic rings. The van der Waals surface area contributed by atoms with Gasteiger partial charge in [-0.15, -0.1) is 11.6 Å². The predicted octanol–water partition coefficient (Wildman–Crippen LogP) is 1.52. The molecule has 0 radical (unpaired) electrons. The first-order valence-corrected chi connectivity index (χ1v) is 7.61. The third-order valence-corrected chi connectivity index (χ3v) is 5.81. The summed E-state index contributed by atoms with van der Waals surface area (Å²) >= 11 is 5.78. The summed E-state index contributed by atoms with van der Waals surface area (Å²) in [6, 6.07) is -0.00393. The summed E-state index contributed by atoms with van der Waals surface area (Å²) in [5.41, 5.74) is 0. The molecule has 1 saturated heterocycles. The highest BCUT2D eigenvalue weighted by Crippen LogP contribution is 2.22. The minimum atomic E-state index is -3.27. The van der Waals surface area contributed by atoms with Gasteiger partial charge in [-0.1, -0.05) is 0 Å². The van der Waals surface area contributed by atoms with E-state index >= 15 is 0 Å². The zero-order valence-electron chi connectivity index (χ0n) is 10.2. The van der Waals surface area contributed by atoms with Crippen LogP contribution in [0.1, 0.15) is 26.7 Å². The van der Waals surface area contributed by atoms with Crippen molar-refractivity contribution in [1.29, 1.82) is 0 Å². The fourth-order valence-corrected chi connectivity index (χ4v) is 3.62. The minimum Gasteiger partial charge on any atom is -0.195 e. The fourth-order valence-electron chi connectivity index (χ4n) is 1.74. The summed E-state index contributed by atoms with van der Waals surface area (Å²) in [5.74, 6) is 1.10.